The van der Waals surface area contributed by atoms with E-state index in [-0.39, 0.29) is 12.5 Å². The molecule has 3 rings (SSSR count). The number of amides is 2. The third kappa shape index (κ3) is 5.97. The van der Waals surface area contributed by atoms with Gasteiger partial charge in [-0.05, 0) is 48.8 Å². The molecule has 1 aliphatic heterocycles. The summed E-state index contributed by atoms with van der Waals surface area (Å²) in [5.74, 6) is 0.103. The molecular weight excluding hydrogens is 378 g/mol. The van der Waals surface area contributed by atoms with Gasteiger partial charge in [-0.3, -0.25) is 14.6 Å². The molecule has 0 atom stereocenters. The number of nitrogens with two attached hydrogens (primary N) is 1. The van der Waals surface area contributed by atoms with E-state index in [4.69, 9.17) is 5.73 Å². The number of likely N-dealkylation sites (tertiary alicyclic amines) is 1. The molecule has 2 aliphatic rings. The molecule has 0 unspecified atom stereocenters. The van der Waals surface area contributed by atoms with E-state index in [2.05, 4.69) is 20.5 Å². The number of guanidine groups is 1. The largest absolute Gasteiger partial charge is 0.368 e. The van der Waals surface area contributed by atoms with Crippen LogP contribution in [-0.4, -0.2) is 49.4 Å². The quantitative estimate of drug-likeness (QED) is 0.510. The van der Waals surface area contributed by atoms with Crippen LogP contribution in [0.15, 0.2) is 29.3 Å². The molecule has 7 nitrogen and oxygen atoms in total. The molecule has 1 aromatic rings. The average Bonchev–Trinajstić information content (AvgIpc) is 2.98. The number of rotatable bonds is 5. The molecule has 2 fully saturated rings. The molecule has 1 heterocycles. The topological polar surface area (TPSA) is 99.8 Å². The number of benzene rings is 1. The maximum absolute atomic E-state index is 12.0. The number of carbonyl (C=O) groups is 2. The van der Waals surface area contributed by atoms with Gasteiger partial charge < -0.3 is 21.3 Å². The van der Waals surface area contributed by atoms with Gasteiger partial charge in [-0.2, -0.15) is 0 Å². The maximum Gasteiger partial charge on any atom is 0.251 e. The van der Waals surface area contributed by atoms with E-state index in [0.29, 0.717) is 17.5 Å². The molecule has 164 valence electrons. The molecule has 4 N–H and O–H groups in total. The smallest absolute Gasteiger partial charge is 0.251 e. The van der Waals surface area contributed by atoms with Crippen LogP contribution in [0.4, 0.5) is 0 Å². The van der Waals surface area contributed by atoms with Crippen LogP contribution < -0.4 is 16.4 Å². The van der Waals surface area contributed by atoms with Gasteiger partial charge in [0.2, 0.25) is 5.91 Å². The molecule has 0 bridgehead atoms. The standard InChI is InChI=1S/C23H35N5O2/c1-25-22(28-14-6-13-23(17-28)11-4-2-3-5-12-23)27-15-18-7-9-19(10-8-18)21(30)26-16-20(24)29/h7-10H,2-6,11-17H2,1H3,(H2,24,29)(H,25,27)(H,26,30). The monoisotopic (exact) mass is 413 g/mol. The maximum atomic E-state index is 12.0. The van der Waals surface area contributed by atoms with Crippen LogP contribution in [-0.2, 0) is 11.3 Å². The van der Waals surface area contributed by atoms with Crippen molar-refractivity contribution < 1.29 is 9.59 Å². The Morgan fingerprint density at radius 3 is 2.33 bits per heavy atom. The van der Waals surface area contributed by atoms with Gasteiger partial charge in [0, 0.05) is 32.2 Å². The minimum Gasteiger partial charge on any atom is -0.368 e. The minimum absolute atomic E-state index is 0.157. The number of piperidine rings is 1. The Balaban J connectivity index is 1.55. The van der Waals surface area contributed by atoms with Crippen molar-refractivity contribution >= 4 is 17.8 Å². The Kier molecular flexibility index (Phi) is 7.71. The van der Waals surface area contributed by atoms with Crippen LogP contribution in [0, 0.1) is 5.41 Å². The summed E-state index contributed by atoms with van der Waals surface area (Å²) >= 11 is 0. The molecule has 1 aromatic carbocycles. The van der Waals surface area contributed by atoms with Gasteiger partial charge in [0.1, 0.15) is 0 Å². The summed E-state index contributed by atoms with van der Waals surface area (Å²) in [6.45, 7) is 2.65. The van der Waals surface area contributed by atoms with Crippen LogP contribution in [0.3, 0.4) is 0 Å². The number of primary amides is 1. The molecule has 0 aromatic heterocycles. The van der Waals surface area contributed by atoms with Crippen molar-refractivity contribution in [3.63, 3.8) is 0 Å². The molecule has 1 saturated heterocycles. The number of carbonyl (C=O) groups excluding carboxylic acids is 2. The molecule has 1 saturated carbocycles. The van der Waals surface area contributed by atoms with Crippen LogP contribution in [0.5, 0.6) is 0 Å². The minimum atomic E-state index is -0.557. The lowest BCUT2D eigenvalue weighted by atomic mass is 9.74. The molecular formula is C23H35N5O2. The van der Waals surface area contributed by atoms with Crippen LogP contribution in [0.2, 0.25) is 0 Å². The van der Waals surface area contributed by atoms with E-state index >= 15 is 0 Å². The Hall–Kier alpha value is -2.57. The van der Waals surface area contributed by atoms with Gasteiger partial charge in [-0.1, -0.05) is 37.8 Å². The van der Waals surface area contributed by atoms with Gasteiger partial charge in [0.05, 0.1) is 6.54 Å². The highest BCUT2D eigenvalue weighted by atomic mass is 16.2. The molecule has 1 spiro atoms. The second-order valence-corrected chi connectivity index (χ2v) is 8.69. The highest BCUT2D eigenvalue weighted by molar-refractivity contribution is 5.96. The number of nitrogens with one attached hydrogen (secondary N) is 2. The molecule has 30 heavy (non-hydrogen) atoms. The van der Waals surface area contributed by atoms with Gasteiger partial charge >= 0.3 is 0 Å². The van der Waals surface area contributed by atoms with Crippen molar-refractivity contribution in [1.29, 1.82) is 0 Å². The van der Waals surface area contributed by atoms with Crippen molar-refractivity contribution in [3.05, 3.63) is 35.4 Å². The second kappa shape index (κ2) is 10.5. The number of hydrogen-bond donors (Lipinski definition) is 3. The first-order valence-corrected chi connectivity index (χ1v) is 11.1. The zero-order chi connectivity index (χ0) is 21.4. The lowest BCUT2D eigenvalue weighted by Gasteiger charge is -2.44. The molecule has 0 radical (unpaired) electrons. The Bertz CT molecular complexity index is 751. The van der Waals surface area contributed by atoms with Crippen LogP contribution in [0.25, 0.3) is 0 Å². The zero-order valence-electron chi connectivity index (χ0n) is 18.1. The summed E-state index contributed by atoms with van der Waals surface area (Å²) in [4.78, 5) is 29.8. The number of aliphatic imine (C=N–C) groups is 1. The van der Waals surface area contributed by atoms with Gasteiger partial charge in [0.15, 0.2) is 5.96 Å². The van der Waals surface area contributed by atoms with Gasteiger partial charge in [-0.15, -0.1) is 0 Å². The van der Waals surface area contributed by atoms with E-state index in [0.717, 1.165) is 24.6 Å². The summed E-state index contributed by atoms with van der Waals surface area (Å²) in [7, 11) is 1.85. The molecule has 7 heteroatoms. The van der Waals surface area contributed by atoms with Crippen molar-refractivity contribution in [2.45, 2.75) is 57.9 Å². The summed E-state index contributed by atoms with van der Waals surface area (Å²) in [6, 6.07) is 7.36. The van der Waals surface area contributed by atoms with Crippen molar-refractivity contribution in [2.24, 2.45) is 16.1 Å². The molecule has 1 aliphatic carbocycles. The fourth-order valence-corrected chi connectivity index (χ4v) is 4.83. The van der Waals surface area contributed by atoms with Crippen LogP contribution >= 0.6 is 0 Å². The summed E-state index contributed by atoms with van der Waals surface area (Å²) in [5.41, 5.74) is 7.11. The average molecular weight is 414 g/mol. The summed E-state index contributed by atoms with van der Waals surface area (Å²) in [5, 5.41) is 5.99. The Morgan fingerprint density at radius 1 is 1.03 bits per heavy atom. The fraction of sp³-hybridized carbons (Fsp3) is 0.609. The third-order valence-electron chi connectivity index (χ3n) is 6.43. The first kappa shape index (κ1) is 22.1. The highest BCUT2D eigenvalue weighted by Crippen LogP contribution is 2.42. The van der Waals surface area contributed by atoms with Gasteiger partial charge in [-0.25, -0.2) is 0 Å². The Labute approximate surface area is 179 Å². The Morgan fingerprint density at radius 2 is 1.70 bits per heavy atom. The van der Waals surface area contributed by atoms with Gasteiger partial charge in [0.25, 0.3) is 5.91 Å². The summed E-state index contributed by atoms with van der Waals surface area (Å²) < 4.78 is 0. The van der Waals surface area contributed by atoms with E-state index in [1.807, 2.05) is 19.2 Å². The lowest BCUT2D eigenvalue weighted by Crippen LogP contribution is -2.50. The number of hydrogen-bond acceptors (Lipinski definition) is 3. The second-order valence-electron chi connectivity index (χ2n) is 8.69. The first-order chi connectivity index (χ1) is 14.5. The summed E-state index contributed by atoms with van der Waals surface area (Å²) in [6.07, 6.45) is 10.8. The van der Waals surface area contributed by atoms with Crippen molar-refractivity contribution in [2.75, 3.05) is 26.7 Å². The predicted octanol–water partition coefficient (Wildman–Crippen LogP) is 2.41. The zero-order valence-corrected chi connectivity index (χ0v) is 18.1. The third-order valence-corrected chi connectivity index (χ3v) is 6.43. The highest BCUT2D eigenvalue weighted by Gasteiger charge is 2.36. The van der Waals surface area contributed by atoms with Crippen molar-refractivity contribution in [1.82, 2.24) is 15.5 Å². The fourth-order valence-electron chi connectivity index (χ4n) is 4.83. The van der Waals surface area contributed by atoms with E-state index in [9.17, 15) is 9.59 Å². The predicted molar refractivity (Wildman–Crippen MR) is 119 cm³/mol. The molecule has 2 amide bonds. The SMILES string of the molecule is CN=C(NCc1ccc(C(=O)NCC(N)=O)cc1)N1CCCC2(CCCCCC2)C1. The lowest BCUT2D eigenvalue weighted by molar-refractivity contribution is -0.117. The van der Waals surface area contributed by atoms with E-state index < -0.39 is 5.91 Å². The van der Waals surface area contributed by atoms with E-state index in [1.54, 1.807) is 12.1 Å². The normalized spacial score (nSPS) is 19.2. The first-order valence-electron chi connectivity index (χ1n) is 11.1. The van der Waals surface area contributed by atoms with Crippen LogP contribution in [0.1, 0.15) is 67.3 Å². The van der Waals surface area contributed by atoms with Crippen molar-refractivity contribution in [3.8, 4) is 0 Å². The van der Waals surface area contributed by atoms with E-state index in [1.165, 1.54) is 51.4 Å². The number of nitrogens with zero attached hydrogens (tertiary/aromatic N) is 2.